The number of aromatic carboxylic acids is 1. The number of pyridine rings is 1. The Bertz CT molecular complexity index is 438. The number of hydrogen-bond acceptors (Lipinski definition) is 4. The zero-order valence-corrected chi connectivity index (χ0v) is 12.1. The number of rotatable bonds is 7. The zero-order valence-electron chi connectivity index (χ0n) is 11.3. The van der Waals surface area contributed by atoms with Crippen molar-refractivity contribution in [2.45, 2.75) is 26.8 Å². The highest BCUT2D eigenvalue weighted by Crippen LogP contribution is 2.18. The van der Waals surface area contributed by atoms with Crippen molar-refractivity contribution in [2.24, 2.45) is 5.92 Å². The van der Waals surface area contributed by atoms with Crippen LogP contribution in [0.5, 0.6) is 0 Å². The molecule has 0 aliphatic carbocycles. The molecule has 2 N–H and O–H groups in total. The Morgan fingerprint density at radius 1 is 1.53 bits per heavy atom. The SMILES string of the molecule is CCOCC(Nc1ccc(Cl)c(C(=O)O)n1)C(C)C. The lowest BCUT2D eigenvalue weighted by Gasteiger charge is -2.22. The summed E-state index contributed by atoms with van der Waals surface area (Å²) >= 11 is 5.78. The number of nitrogens with zero attached hydrogens (tertiary/aromatic N) is 1. The molecule has 1 aromatic rings. The van der Waals surface area contributed by atoms with Crippen LogP contribution in [0.2, 0.25) is 5.02 Å². The summed E-state index contributed by atoms with van der Waals surface area (Å²) in [6, 6.07) is 3.25. The molecule has 6 heteroatoms. The second-order valence-electron chi connectivity index (χ2n) is 4.49. The van der Waals surface area contributed by atoms with Gasteiger partial charge in [-0.2, -0.15) is 0 Å². The van der Waals surface area contributed by atoms with Gasteiger partial charge in [-0.25, -0.2) is 9.78 Å². The van der Waals surface area contributed by atoms with Gasteiger partial charge in [0.25, 0.3) is 0 Å². The minimum absolute atomic E-state index is 0.0651. The molecule has 5 nitrogen and oxygen atoms in total. The summed E-state index contributed by atoms with van der Waals surface area (Å²) in [4.78, 5) is 15.0. The normalized spacial score (nSPS) is 12.5. The molecule has 1 unspecified atom stereocenters. The highest BCUT2D eigenvalue weighted by Gasteiger charge is 2.16. The van der Waals surface area contributed by atoms with Crippen LogP contribution >= 0.6 is 11.6 Å². The van der Waals surface area contributed by atoms with Crippen LogP contribution in [-0.2, 0) is 4.74 Å². The molecular formula is C13H19ClN2O3. The number of nitrogens with one attached hydrogen (secondary N) is 1. The first kappa shape index (κ1) is 15.7. The summed E-state index contributed by atoms with van der Waals surface area (Å²) in [7, 11) is 0. The molecule has 1 heterocycles. The Hall–Kier alpha value is -1.33. The first-order valence-electron chi connectivity index (χ1n) is 6.19. The van der Waals surface area contributed by atoms with Gasteiger partial charge in [-0.15, -0.1) is 0 Å². The van der Waals surface area contributed by atoms with Crippen molar-refractivity contribution in [2.75, 3.05) is 18.5 Å². The van der Waals surface area contributed by atoms with Crippen LogP contribution in [0.15, 0.2) is 12.1 Å². The van der Waals surface area contributed by atoms with Crippen LogP contribution in [0, 0.1) is 5.92 Å². The second kappa shape index (κ2) is 7.31. The van der Waals surface area contributed by atoms with Gasteiger partial charge in [0, 0.05) is 6.61 Å². The molecule has 106 valence electrons. The van der Waals surface area contributed by atoms with Crippen LogP contribution in [0.25, 0.3) is 0 Å². The van der Waals surface area contributed by atoms with Crippen LogP contribution in [0.1, 0.15) is 31.3 Å². The molecule has 0 bridgehead atoms. The van der Waals surface area contributed by atoms with Gasteiger partial charge in [0.1, 0.15) is 5.82 Å². The number of carbonyl (C=O) groups is 1. The standard InChI is InChI=1S/C13H19ClN2O3/c1-4-19-7-10(8(2)3)15-11-6-5-9(14)12(16-11)13(17)18/h5-6,8,10H,4,7H2,1-3H3,(H,15,16)(H,17,18). The van der Waals surface area contributed by atoms with Crippen molar-refractivity contribution in [3.63, 3.8) is 0 Å². The lowest BCUT2D eigenvalue weighted by atomic mass is 10.1. The molecule has 1 atom stereocenters. The predicted molar refractivity (Wildman–Crippen MR) is 74.9 cm³/mol. The average Bonchev–Trinajstić information content (AvgIpc) is 2.35. The molecule has 0 spiro atoms. The fourth-order valence-corrected chi connectivity index (χ4v) is 1.69. The average molecular weight is 287 g/mol. The molecular weight excluding hydrogens is 268 g/mol. The van der Waals surface area contributed by atoms with Gasteiger partial charge in [-0.05, 0) is 25.0 Å². The molecule has 0 aliphatic rings. The van der Waals surface area contributed by atoms with Gasteiger partial charge in [-0.3, -0.25) is 0 Å². The Morgan fingerprint density at radius 3 is 2.74 bits per heavy atom. The zero-order chi connectivity index (χ0) is 14.4. The Labute approximate surface area is 117 Å². The van der Waals surface area contributed by atoms with E-state index >= 15 is 0 Å². The molecule has 0 fully saturated rings. The summed E-state index contributed by atoms with van der Waals surface area (Å²) < 4.78 is 5.40. The summed E-state index contributed by atoms with van der Waals surface area (Å²) in [6.07, 6.45) is 0. The highest BCUT2D eigenvalue weighted by atomic mass is 35.5. The maximum Gasteiger partial charge on any atom is 0.356 e. The number of halogens is 1. The third-order valence-corrected chi connectivity index (χ3v) is 2.99. The van der Waals surface area contributed by atoms with E-state index < -0.39 is 5.97 Å². The molecule has 0 saturated carbocycles. The van der Waals surface area contributed by atoms with Crippen molar-refractivity contribution < 1.29 is 14.6 Å². The van der Waals surface area contributed by atoms with Crippen LogP contribution < -0.4 is 5.32 Å². The third kappa shape index (κ3) is 4.69. The molecule has 1 rings (SSSR count). The van der Waals surface area contributed by atoms with Crippen LogP contribution in [0.3, 0.4) is 0 Å². The van der Waals surface area contributed by atoms with Crippen molar-refractivity contribution in [1.82, 2.24) is 4.98 Å². The molecule has 0 aliphatic heterocycles. The molecule has 19 heavy (non-hydrogen) atoms. The molecule has 0 saturated heterocycles. The second-order valence-corrected chi connectivity index (χ2v) is 4.89. The van der Waals surface area contributed by atoms with E-state index in [1.54, 1.807) is 6.07 Å². The van der Waals surface area contributed by atoms with Crippen molar-refractivity contribution in [3.05, 3.63) is 22.8 Å². The van der Waals surface area contributed by atoms with E-state index in [-0.39, 0.29) is 16.8 Å². The fourth-order valence-electron chi connectivity index (χ4n) is 1.51. The third-order valence-electron chi connectivity index (χ3n) is 2.69. The van der Waals surface area contributed by atoms with Gasteiger partial charge in [-0.1, -0.05) is 25.4 Å². The van der Waals surface area contributed by atoms with E-state index in [1.165, 1.54) is 6.07 Å². The maximum absolute atomic E-state index is 11.0. The van der Waals surface area contributed by atoms with E-state index in [0.717, 1.165) is 0 Å². The Kier molecular flexibility index (Phi) is 6.05. The Morgan fingerprint density at radius 2 is 2.21 bits per heavy atom. The molecule has 1 aromatic heterocycles. The van der Waals surface area contributed by atoms with Gasteiger partial charge in [0.05, 0.1) is 17.7 Å². The van der Waals surface area contributed by atoms with Gasteiger partial charge in [0.2, 0.25) is 0 Å². The number of hydrogen-bond donors (Lipinski definition) is 2. The summed E-state index contributed by atoms with van der Waals surface area (Å²) in [5, 5.41) is 12.3. The number of carboxylic acid groups (broad SMARTS) is 1. The van der Waals surface area contributed by atoms with Gasteiger partial charge >= 0.3 is 5.97 Å². The minimum atomic E-state index is -1.14. The summed E-state index contributed by atoms with van der Waals surface area (Å²) in [5.74, 6) is -0.322. The first-order valence-corrected chi connectivity index (χ1v) is 6.57. The largest absolute Gasteiger partial charge is 0.476 e. The predicted octanol–water partition coefficient (Wildman–Crippen LogP) is 2.91. The quantitative estimate of drug-likeness (QED) is 0.806. The maximum atomic E-state index is 11.0. The van der Waals surface area contributed by atoms with E-state index in [0.29, 0.717) is 24.9 Å². The molecule has 0 aromatic carbocycles. The molecule has 0 radical (unpaired) electrons. The van der Waals surface area contributed by atoms with Gasteiger partial charge < -0.3 is 15.2 Å². The van der Waals surface area contributed by atoms with Crippen molar-refractivity contribution in [3.8, 4) is 0 Å². The minimum Gasteiger partial charge on any atom is -0.476 e. The van der Waals surface area contributed by atoms with E-state index in [9.17, 15) is 4.79 Å². The smallest absolute Gasteiger partial charge is 0.356 e. The lowest BCUT2D eigenvalue weighted by Crippen LogP contribution is -2.31. The van der Waals surface area contributed by atoms with E-state index in [1.807, 2.05) is 6.92 Å². The highest BCUT2D eigenvalue weighted by molar-refractivity contribution is 6.33. The van der Waals surface area contributed by atoms with Crippen LogP contribution in [0.4, 0.5) is 5.82 Å². The number of aromatic nitrogens is 1. The number of anilines is 1. The Balaban J connectivity index is 2.84. The lowest BCUT2D eigenvalue weighted by molar-refractivity contribution is 0.0691. The first-order chi connectivity index (χ1) is 8.95. The molecule has 0 amide bonds. The topological polar surface area (TPSA) is 71.5 Å². The van der Waals surface area contributed by atoms with Crippen molar-refractivity contribution in [1.29, 1.82) is 0 Å². The van der Waals surface area contributed by atoms with Gasteiger partial charge in [0.15, 0.2) is 5.69 Å². The fraction of sp³-hybridized carbons (Fsp3) is 0.538. The summed E-state index contributed by atoms with van der Waals surface area (Å²) in [5.41, 5.74) is -0.148. The van der Waals surface area contributed by atoms with E-state index in [4.69, 9.17) is 21.4 Å². The van der Waals surface area contributed by atoms with Crippen molar-refractivity contribution >= 4 is 23.4 Å². The van der Waals surface area contributed by atoms with E-state index in [2.05, 4.69) is 24.1 Å². The van der Waals surface area contributed by atoms with Crippen LogP contribution in [-0.4, -0.2) is 35.3 Å². The number of ether oxygens (including phenoxy) is 1. The number of carboxylic acids is 1. The monoisotopic (exact) mass is 286 g/mol. The summed E-state index contributed by atoms with van der Waals surface area (Å²) in [6.45, 7) is 7.23.